The van der Waals surface area contributed by atoms with Gasteiger partial charge < -0.3 is 16.4 Å². The van der Waals surface area contributed by atoms with Crippen molar-refractivity contribution in [3.63, 3.8) is 0 Å². The monoisotopic (exact) mass is 430 g/mol. The Labute approximate surface area is 183 Å². The van der Waals surface area contributed by atoms with Gasteiger partial charge in [-0.25, -0.2) is 14.4 Å². The van der Waals surface area contributed by atoms with Gasteiger partial charge in [-0.1, -0.05) is 12.1 Å². The first-order chi connectivity index (χ1) is 15.5. The Morgan fingerprint density at radius 3 is 2.50 bits per heavy atom. The lowest BCUT2D eigenvalue weighted by Gasteiger charge is -2.16. The number of nitrogens with one attached hydrogen (secondary N) is 2. The van der Waals surface area contributed by atoms with Crippen LogP contribution < -0.4 is 16.4 Å². The molecule has 0 spiro atoms. The molecular weight excluding hydrogens is 411 g/mol. The second kappa shape index (κ2) is 9.13. The van der Waals surface area contributed by atoms with Crippen molar-refractivity contribution in [2.24, 2.45) is 5.73 Å². The van der Waals surface area contributed by atoms with E-state index in [0.717, 1.165) is 5.56 Å². The molecule has 0 bridgehead atoms. The van der Waals surface area contributed by atoms with Crippen LogP contribution in [0.4, 0.5) is 22.0 Å². The number of hydrogen-bond acceptors (Lipinski definition) is 8. The third kappa shape index (κ3) is 4.81. The summed E-state index contributed by atoms with van der Waals surface area (Å²) in [4.78, 5) is 33.3. The predicted octanol–water partition coefficient (Wildman–Crippen LogP) is 3.48. The molecule has 3 heterocycles. The van der Waals surface area contributed by atoms with E-state index >= 15 is 0 Å². The van der Waals surface area contributed by atoms with Crippen LogP contribution in [-0.2, 0) is 0 Å². The van der Waals surface area contributed by atoms with Crippen LogP contribution in [0.2, 0.25) is 0 Å². The number of rotatable bonds is 7. The molecule has 0 fully saturated rings. The molecule has 32 heavy (non-hydrogen) atoms. The molecule has 0 saturated carbocycles. The van der Waals surface area contributed by atoms with E-state index in [-0.39, 0.29) is 23.4 Å². The molecule has 160 valence electrons. The van der Waals surface area contributed by atoms with Crippen LogP contribution in [0.5, 0.6) is 0 Å². The number of primary amides is 1. The van der Waals surface area contributed by atoms with Gasteiger partial charge in [0.1, 0.15) is 17.5 Å². The van der Waals surface area contributed by atoms with Crippen LogP contribution in [0.3, 0.4) is 0 Å². The van der Waals surface area contributed by atoms with Gasteiger partial charge in [-0.05, 0) is 30.7 Å². The molecule has 10 heteroatoms. The summed E-state index contributed by atoms with van der Waals surface area (Å²) in [6.07, 6.45) is 7.66. The zero-order valence-electron chi connectivity index (χ0n) is 17.0. The summed E-state index contributed by atoms with van der Waals surface area (Å²) < 4.78 is 13.3. The van der Waals surface area contributed by atoms with E-state index in [0.29, 0.717) is 22.9 Å². The molecule has 0 aliphatic heterocycles. The number of nitrogens with two attached hydrogens (primary N) is 1. The molecule has 1 atom stereocenters. The molecule has 0 aliphatic rings. The first-order valence-corrected chi connectivity index (χ1v) is 9.68. The minimum atomic E-state index is -0.598. The Morgan fingerprint density at radius 2 is 1.78 bits per heavy atom. The van der Waals surface area contributed by atoms with Gasteiger partial charge in [0.25, 0.3) is 0 Å². The van der Waals surface area contributed by atoms with Crippen molar-refractivity contribution in [3.8, 4) is 11.3 Å². The van der Waals surface area contributed by atoms with Gasteiger partial charge in [-0.15, -0.1) is 0 Å². The highest BCUT2D eigenvalue weighted by molar-refractivity contribution is 5.99. The van der Waals surface area contributed by atoms with Crippen molar-refractivity contribution >= 4 is 23.5 Å². The van der Waals surface area contributed by atoms with Gasteiger partial charge in [-0.3, -0.25) is 14.8 Å². The highest BCUT2D eigenvalue weighted by atomic mass is 19.1. The number of hydrogen-bond donors (Lipinski definition) is 3. The zero-order valence-corrected chi connectivity index (χ0v) is 17.0. The van der Waals surface area contributed by atoms with Gasteiger partial charge >= 0.3 is 0 Å². The Kier molecular flexibility index (Phi) is 5.93. The quantitative estimate of drug-likeness (QED) is 0.406. The summed E-state index contributed by atoms with van der Waals surface area (Å²) in [5, 5.41) is 6.28. The molecular formula is C22H19FN8O. The molecule has 0 saturated heterocycles. The number of amides is 1. The third-order valence-electron chi connectivity index (χ3n) is 4.62. The van der Waals surface area contributed by atoms with Gasteiger partial charge in [-0.2, -0.15) is 4.98 Å². The molecule has 0 radical (unpaired) electrons. The molecule has 9 nitrogen and oxygen atoms in total. The molecule has 4 rings (SSSR count). The normalized spacial score (nSPS) is 11.6. The molecule has 3 aromatic heterocycles. The minimum Gasteiger partial charge on any atom is -0.366 e. The van der Waals surface area contributed by atoms with E-state index < -0.39 is 5.91 Å². The highest BCUT2D eigenvalue weighted by Gasteiger charge is 2.16. The number of pyridine rings is 1. The number of halogens is 1. The van der Waals surface area contributed by atoms with Gasteiger partial charge in [0, 0.05) is 36.4 Å². The van der Waals surface area contributed by atoms with Crippen molar-refractivity contribution < 1.29 is 9.18 Å². The molecule has 1 amide bonds. The SMILES string of the molecule is CC(Nc1nc(Nc2cnccn2)cc(-c2cnccc2C(N)=O)n1)c1ccc(F)cc1. The summed E-state index contributed by atoms with van der Waals surface area (Å²) in [5.74, 6) is 0.272. The van der Waals surface area contributed by atoms with E-state index in [1.807, 2.05) is 6.92 Å². The molecule has 4 aromatic rings. The second-order valence-electron chi connectivity index (χ2n) is 6.88. The highest BCUT2D eigenvalue weighted by Crippen LogP contribution is 2.27. The van der Waals surface area contributed by atoms with Gasteiger partial charge in [0.05, 0.1) is 23.5 Å². The molecule has 1 unspecified atom stereocenters. The van der Waals surface area contributed by atoms with Gasteiger partial charge in [0.2, 0.25) is 11.9 Å². The Morgan fingerprint density at radius 1 is 1.00 bits per heavy atom. The lowest BCUT2D eigenvalue weighted by Crippen LogP contribution is -2.14. The fraction of sp³-hybridized carbons (Fsp3) is 0.0909. The van der Waals surface area contributed by atoms with Crippen LogP contribution in [-0.4, -0.2) is 30.8 Å². The summed E-state index contributed by atoms with van der Waals surface area (Å²) >= 11 is 0. The predicted molar refractivity (Wildman–Crippen MR) is 118 cm³/mol. The van der Waals surface area contributed by atoms with E-state index in [4.69, 9.17) is 5.73 Å². The lowest BCUT2D eigenvalue weighted by atomic mass is 10.1. The zero-order chi connectivity index (χ0) is 22.5. The fourth-order valence-electron chi connectivity index (χ4n) is 3.05. The first-order valence-electron chi connectivity index (χ1n) is 9.68. The third-order valence-corrected chi connectivity index (χ3v) is 4.62. The Bertz CT molecular complexity index is 1230. The van der Waals surface area contributed by atoms with Crippen molar-refractivity contribution in [1.82, 2.24) is 24.9 Å². The van der Waals surface area contributed by atoms with Crippen molar-refractivity contribution in [3.05, 3.63) is 84.3 Å². The maximum atomic E-state index is 13.3. The van der Waals surface area contributed by atoms with Gasteiger partial charge in [0.15, 0.2) is 0 Å². The largest absolute Gasteiger partial charge is 0.366 e. The minimum absolute atomic E-state index is 0.222. The average molecular weight is 430 g/mol. The second-order valence-corrected chi connectivity index (χ2v) is 6.88. The van der Waals surface area contributed by atoms with E-state index in [2.05, 4.69) is 35.6 Å². The van der Waals surface area contributed by atoms with E-state index in [9.17, 15) is 9.18 Å². The summed E-state index contributed by atoms with van der Waals surface area (Å²) in [6, 6.07) is 9.11. The summed E-state index contributed by atoms with van der Waals surface area (Å²) in [5.41, 5.74) is 7.55. The first kappa shape index (κ1) is 20.8. The van der Waals surface area contributed by atoms with E-state index in [1.54, 1.807) is 36.8 Å². The average Bonchev–Trinajstić information content (AvgIpc) is 2.80. The smallest absolute Gasteiger partial charge is 0.249 e. The number of carbonyl (C=O) groups is 1. The Hall–Kier alpha value is -4.47. The number of nitrogens with zero attached hydrogens (tertiary/aromatic N) is 5. The number of anilines is 3. The maximum absolute atomic E-state index is 13.3. The number of aromatic nitrogens is 5. The number of carbonyl (C=O) groups excluding carboxylic acids is 1. The standard InChI is InChI=1S/C22H19FN8O/c1-13(14-2-4-15(23)5-3-14)28-22-29-18(17-11-25-7-6-16(17)21(24)32)10-19(31-22)30-20-12-26-8-9-27-20/h2-13H,1H3,(H2,24,32)(H2,27,28,29,30,31). The lowest BCUT2D eigenvalue weighted by molar-refractivity contribution is 0.100. The summed E-state index contributed by atoms with van der Waals surface area (Å²) in [6.45, 7) is 1.90. The maximum Gasteiger partial charge on any atom is 0.249 e. The fourth-order valence-corrected chi connectivity index (χ4v) is 3.05. The van der Waals surface area contributed by atoms with Crippen LogP contribution in [0, 0.1) is 5.82 Å². The molecule has 4 N–H and O–H groups in total. The summed E-state index contributed by atoms with van der Waals surface area (Å²) in [7, 11) is 0. The van der Waals surface area contributed by atoms with Crippen LogP contribution in [0.1, 0.15) is 28.9 Å². The molecule has 1 aromatic carbocycles. The number of benzene rings is 1. The van der Waals surface area contributed by atoms with Crippen LogP contribution in [0.25, 0.3) is 11.3 Å². The Balaban J connectivity index is 1.73. The van der Waals surface area contributed by atoms with E-state index in [1.165, 1.54) is 30.6 Å². The van der Waals surface area contributed by atoms with Crippen molar-refractivity contribution in [1.29, 1.82) is 0 Å². The molecule has 0 aliphatic carbocycles. The van der Waals surface area contributed by atoms with Crippen LogP contribution >= 0.6 is 0 Å². The van der Waals surface area contributed by atoms with Crippen LogP contribution in [0.15, 0.2) is 67.4 Å². The topological polar surface area (TPSA) is 132 Å². The van der Waals surface area contributed by atoms with Crippen molar-refractivity contribution in [2.45, 2.75) is 13.0 Å². The van der Waals surface area contributed by atoms with Crippen molar-refractivity contribution in [2.75, 3.05) is 10.6 Å².